The number of hydrogen-bond donors (Lipinski definition) is 1. The summed E-state index contributed by atoms with van der Waals surface area (Å²) >= 11 is 3.62. The fourth-order valence-electron chi connectivity index (χ4n) is 3.36. The molecule has 2 nitrogen and oxygen atoms in total. The van der Waals surface area contributed by atoms with Gasteiger partial charge in [0.15, 0.2) is 0 Å². The summed E-state index contributed by atoms with van der Waals surface area (Å²) in [5.74, 6) is 0.774. The van der Waals surface area contributed by atoms with Gasteiger partial charge in [-0.05, 0) is 37.4 Å². The molecule has 0 heterocycles. The van der Waals surface area contributed by atoms with E-state index in [2.05, 4.69) is 59.1 Å². The zero-order chi connectivity index (χ0) is 13.9. The number of likely N-dealkylation sites (N-methyl/N-ethyl adjacent to an activating group) is 1. The number of nitrogens with two attached hydrogens (primary N) is 1. The third-order valence-electron chi connectivity index (χ3n) is 4.11. The van der Waals surface area contributed by atoms with Gasteiger partial charge < -0.3 is 10.6 Å². The molecular weight excluding hydrogens is 300 g/mol. The van der Waals surface area contributed by atoms with Crippen LogP contribution in [-0.4, -0.2) is 24.0 Å². The molecule has 0 aromatic heterocycles. The Morgan fingerprint density at radius 3 is 2.84 bits per heavy atom. The van der Waals surface area contributed by atoms with Gasteiger partial charge in [-0.3, -0.25) is 0 Å². The maximum atomic E-state index is 6.59. The van der Waals surface area contributed by atoms with Crippen LogP contribution in [0, 0.1) is 5.92 Å². The van der Waals surface area contributed by atoms with Crippen LogP contribution in [0.15, 0.2) is 28.7 Å². The molecule has 106 valence electrons. The molecule has 1 aliphatic carbocycles. The molecule has 0 aliphatic heterocycles. The quantitative estimate of drug-likeness (QED) is 0.913. The lowest BCUT2D eigenvalue weighted by atomic mass is 9.77. The van der Waals surface area contributed by atoms with E-state index < -0.39 is 0 Å². The second-order valence-corrected chi connectivity index (χ2v) is 7.18. The van der Waals surface area contributed by atoms with E-state index in [1.165, 1.54) is 22.9 Å². The molecule has 0 saturated heterocycles. The number of benzene rings is 1. The minimum Gasteiger partial charge on any atom is -0.324 e. The summed E-state index contributed by atoms with van der Waals surface area (Å²) in [6.07, 6.45) is 4.94. The third kappa shape index (κ3) is 4.30. The van der Waals surface area contributed by atoms with Gasteiger partial charge in [-0.25, -0.2) is 0 Å². The van der Waals surface area contributed by atoms with Crippen LogP contribution >= 0.6 is 15.9 Å². The first kappa shape index (κ1) is 15.0. The third-order valence-corrected chi connectivity index (χ3v) is 4.88. The van der Waals surface area contributed by atoms with Crippen molar-refractivity contribution in [1.82, 2.24) is 4.90 Å². The van der Waals surface area contributed by atoms with E-state index >= 15 is 0 Å². The van der Waals surface area contributed by atoms with Crippen LogP contribution in [0.3, 0.4) is 0 Å². The van der Waals surface area contributed by atoms with Crippen molar-refractivity contribution in [3.8, 4) is 0 Å². The molecule has 0 radical (unpaired) electrons. The normalized spacial score (nSPS) is 27.7. The van der Waals surface area contributed by atoms with E-state index in [1.807, 2.05) is 0 Å². The first-order chi connectivity index (χ1) is 8.98. The minimum atomic E-state index is 0.00761. The first-order valence-corrected chi connectivity index (χ1v) is 7.99. The molecule has 19 heavy (non-hydrogen) atoms. The summed E-state index contributed by atoms with van der Waals surface area (Å²) in [4.78, 5) is 2.36. The highest BCUT2D eigenvalue weighted by molar-refractivity contribution is 9.10. The fraction of sp³-hybridized carbons (Fsp3) is 0.625. The Morgan fingerprint density at radius 2 is 2.16 bits per heavy atom. The van der Waals surface area contributed by atoms with Crippen molar-refractivity contribution in [2.24, 2.45) is 11.7 Å². The van der Waals surface area contributed by atoms with Crippen molar-refractivity contribution < 1.29 is 0 Å². The van der Waals surface area contributed by atoms with Crippen molar-refractivity contribution in [2.45, 2.75) is 44.7 Å². The summed E-state index contributed by atoms with van der Waals surface area (Å²) < 4.78 is 1.19. The van der Waals surface area contributed by atoms with Gasteiger partial charge in [0.25, 0.3) is 0 Å². The van der Waals surface area contributed by atoms with Gasteiger partial charge in [0.05, 0.1) is 0 Å². The maximum Gasteiger partial charge on any atom is 0.0285 e. The highest BCUT2D eigenvalue weighted by Gasteiger charge is 2.31. The Labute approximate surface area is 125 Å². The lowest BCUT2D eigenvalue weighted by Gasteiger charge is -2.39. The Balaban J connectivity index is 1.94. The van der Waals surface area contributed by atoms with Crippen LogP contribution in [0.4, 0.5) is 0 Å². The van der Waals surface area contributed by atoms with Crippen LogP contribution < -0.4 is 5.73 Å². The highest BCUT2D eigenvalue weighted by Crippen LogP contribution is 2.31. The van der Waals surface area contributed by atoms with Gasteiger partial charge in [0, 0.05) is 23.1 Å². The van der Waals surface area contributed by atoms with Crippen LogP contribution in [0.5, 0.6) is 0 Å². The Kier molecular flexibility index (Phi) is 5.04. The van der Waals surface area contributed by atoms with E-state index in [9.17, 15) is 0 Å². The summed E-state index contributed by atoms with van der Waals surface area (Å²) in [7, 11) is 2.17. The van der Waals surface area contributed by atoms with E-state index in [0.717, 1.165) is 31.8 Å². The topological polar surface area (TPSA) is 29.3 Å². The number of nitrogens with zero attached hydrogens (tertiary/aromatic N) is 1. The molecule has 1 fully saturated rings. The highest BCUT2D eigenvalue weighted by atomic mass is 79.9. The average molecular weight is 325 g/mol. The lowest BCUT2D eigenvalue weighted by Crippen LogP contribution is -2.51. The molecule has 1 aliphatic rings. The number of rotatable bonds is 4. The summed E-state index contributed by atoms with van der Waals surface area (Å²) in [6.45, 7) is 4.27. The molecule has 0 spiro atoms. The molecule has 2 unspecified atom stereocenters. The van der Waals surface area contributed by atoms with Crippen LogP contribution in [-0.2, 0) is 6.54 Å². The van der Waals surface area contributed by atoms with E-state index in [-0.39, 0.29) is 5.54 Å². The van der Waals surface area contributed by atoms with Crippen molar-refractivity contribution in [3.63, 3.8) is 0 Å². The molecular formula is C16H25BrN2. The molecule has 1 aromatic carbocycles. The zero-order valence-corrected chi connectivity index (χ0v) is 13.6. The van der Waals surface area contributed by atoms with Crippen LogP contribution in [0.1, 0.15) is 38.2 Å². The van der Waals surface area contributed by atoms with Crippen LogP contribution in [0.25, 0.3) is 0 Å². The van der Waals surface area contributed by atoms with Gasteiger partial charge in [-0.2, -0.15) is 0 Å². The molecule has 3 heteroatoms. The number of hydrogen-bond acceptors (Lipinski definition) is 2. The SMILES string of the molecule is CC1CCCC(N)(CN(C)Cc2ccccc2Br)C1. The van der Waals surface area contributed by atoms with Crippen molar-refractivity contribution in [2.75, 3.05) is 13.6 Å². The second kappa shape index (κ2) is 6.38. The van der Waals surface area contributed by atoms with Gasteiger partial charge in [-0.1, -0.05) is 53.9 Å². The molecule has 1 aromatic rings. The molecule has 2 rings (SSSR count). The predicted molar refractivity (Wildman–Crippen MR) is 85.0 cm³/mol. The fourth-order valence-corrected chi connectivity index (χ4v) is 3.77. The van der Waals surface area contributed by atoms with E-state index in [4.69, 9.17) is 5.73 Å². The monoisotopic (exact) mass is 324 g/mol. The van der Waals surface area contributed by atoms with Gasteiger partial charge >= 0.3 is 0 Å². The average Bonchev–Trinajstić information content (AvgIpc) is 2.31. The standard InChI is InChI=1S/C16H25BrN2/c1-13-6-5-9-16(18,10-13)12-19(2)11-14-7-3-4-8-15(14)17/h3-4,7-8,13H,5-6,9-12,18H2,1-2H3. The van der Waals surface area contributed by atoms with Gasteiger partial charge in [-0.15, -0.1) is 0 Å². The smallest absolute Gasteiger partial charge is 0.0285 e. The second-order valence-electron chi connectivity index (χ2n) is 6.33. The molecule has 2 N–H and O–H groups in total. The van der Waals surface area contributed by atoms with Crippen molar-refractivity contribution >= 4 is 15.9 Å². The first-order valence-electron chi connectivity index (χ1n) is 7.19. The molecule has 0 bridgehead atoms. The summed E-state index contributed by atoms with van der Waals surface area (Å²) in [5.41, 5.74) is 7.93. The Hall–Kier alpha value is -0.380. The maximum absolute atomic E-state index is 6.59. The minimum absolute atomic E-state index is 0.00761. The Bertz CT molecular complexity index is 421. The zero-order valence-electron chi connectivity index (χ0n) is 12.0. The molecule has 0 amide bonds. The van der Waals surface area contributed by atoms with E-state index in [0.29, 0.717) is 0 Å². The van der Waals surface area contributed by atoms with Crippen molar-refractivity contribution in [3.05, 3.63) is 34.3 Å². The largest absolute Gasteiger partial charge is 0.324 e. The lowest BCUT2D eigenvalue weighted by molar-refractivity contribution is 0.165. The van der Waals surface area contributed by atoms with E-state index in [1.54, 1.807) is 0 Å². The molecule has 2 atom stereocenters. The Morgan fingerprint density at radius 1 is 1.42 bits per heavy atom. The predicted octanol–water partition coefficient (Wildman–Crippen LogP) is 3.79. The number of halogens is 1. The summed E-state index contributed by atoms with van der Waals surface area (Å²) in [6, 6.07) is 8.42. The van der Waals surface area contributed by atoms with Gasteiger partial charge in [0.1, 0.15) is 0 Å². The van der Waals surface area contributed by atoms with Gasteiger partial charge in [0.2, 0.25) is 0 Å². The summed E-state index contributed by atoms with van der Waals surface area (Å²) in [5, 5.41) is 0. The van der Waals surface area contributed by atoms with Crippen molar-refractivity contribution in [1.29, 1.82) is 0 Å². The molecule has 1 saturated carbocycles. The van der Waals surface area contributed by atoms with Crippen LogP contribution in [0.2, 0.25) is 0 Å².